The van der Waals surface area contributed by atoms with E-state index in [1.165, 1.54) is 19.4 Å². The molecule has 1 heterocycles. The number of rotatable bonds is 5. The van der Waals surface area contributed by atoms with E-state index in [1.807, 2.05) is 0 Å². The van der Waals surface area contributed by atoms with Gasteiger partial charge in [-0.2, -0.15) is 0 Å². The van der Waals surface area contributed by atoms with Crippen molar-refractivity contribution in [1.82, 2.24) is 10.2 Å². The minimum absolute atomic E-state index is 0.00496. The monoisotopic (exact) mass is 240 g/mol. The van der Waals surface area contributed by atoms with Gasteiger partial charge in [0.15, 0.2) is 0 Å². The first-order chi connectivity index (χ1) is 8.16. The van der Waals surface area contributed by atoms with Crippen molar-refractivity contribution in [3.8, 4) is 0 Å². The van der Waals surface area contributed by atoms with Gasteiger partial charge < -0.3 is 15.3 Å². The molecule has 4 nitrogen and oxygen atoms in total. The van der Waals surface area contributed by atoms with E-state index in [-0.39, 0.29) is 12.5 Å². The van der Waals surface area contributed by atoms with E-state index in [2.05, 4.69) is 17.3 Å². The normalized spacial score (nSPS) is 27.8. The van der Waals surface area contributed by atoms with E-state index in [1.54, 1.807) is 0 Å². The van der Waals surface area contributed by atoms with Gasteiger partial charge in [-0.1, -0.05) is 0 Å². The first kappa shape index (κ1) is 12.8. The average Bonchev–Trinajstić information content (AvgIpc) is 3.10. The van der Waals surface area contributed by atoms with Gasteiger partial charge >= 0.3 is 0 Å². The summed E-state index contributed by atoms with van der Waals surface area (Å²) in [5, 5.41) is 12.1. The Morgan fingerprint density at radius 3 is 2.88 bits per heavy atom. The Morgan fingerprint density at radius 1 is 1.53 bits per heavy atom. The molecule has 1 aliphatic carbocycles. The highest BCUT2D eigenvalue weighted by Gasteiger charge is 2.49. The first-order valence-electron chi connectivity index (χ1n) is 6.74. The Hall–Kier alpha value is -0.610. The molecule has 1 atom stereocenters. The third kappa shape index (κ3) is 3.19. The molecule has 4 heteroatoms. The molecular weight excluding hydrogens is 216 g/mol. The van der Waals surface area contributed by atoms with Gasteiger partial charge in [0.1, 0.15) is 0 Å². The number of aliphatic hydroxyl groups excluding tert-OH is 1. The molecular formula is C13H24N2O2. The second kappa shape index (κ2) is 5.36. The molecule has 0 spiro atoms. The quantitative estimate of drug-likeness (QED) is 0.740. The minimum atomic E-state index is -0.413. The molecule has 1 saturated heterocycles. The van der Waals surface area contributed by atoms with Crippen molar-refractivity contribution in [1.29, 1.82) is 0 Å². The van der Waals surface area contributed by atoms with Gasteiger partial charge in [-0.25, -0.2) is 0 Å². The third-order valence-corrected chi connectivity index (χ3v) is 4.20. The van der Waals surface area contributed by atoms with Crippen LogP contribution >= 0.6 is 0 Å². The van der Waals surface area contributed by atoms with E-state index in [0.717, 1.165) is 38.3 Å². The van der Waals surface area contributed by atoms with Crippen molar-refractivity contribution >= 4 is 5.91 Å². The summed E-state index contributed by atoms with van der Waals surface area (Å²) in [6.07, 6.45) is 5.32. The summed E-state index contributed by atoms with van der Waals surface area (Å²) >= 11 is 0. The van der Waals surface area contributed by atoms with Crippen LogP contribution in [-0.4, -0.2) is 49.2 Å². The van der Waals surface area contributed by atoms with Crippen LogP contribution < -0.4 is 5.32 Å². The van der Waals surface area contributed by atoms with Gasteiger partial charge in [0.25, 0.3) is 0 Å². The zero-order valence-electron chi connectivity index (χ0n) is 10.7. The summed E-state index contributed by atoms with van der Waals surface area (Å²) in [7, 11) is 2.16. The lowest BCUT2D eigenvalue weighted by molar-refractivity contribution is -0.127. The van der Waals surface area contributed by atoms with E-state index < -0.39 is 5.41 Å². The number of piperidine rings is 1. The molecule has 17 heavy (non-hydrogen) atoms. The molecule has 1 saturated carbocycles. The Morgan fingerprint density at radius 2 is 2.29 bits per heavy atom. The molecule has 0 bridgehead atoms. The molecule has 98 valence electrons. The van der Waals surface area contributed by atoms with Crippen molar-refractivity contribution in [3.05, 3.63) is 0 Å². The van der Waals surface area contributed by atoms with Gasteiger partial charge in [0, 0.05) is 13.1 Å². The van der Waals surface area contributed by atoms with Crippen LogP contribution in [0, 0.1) is 11.3 Å². The molecule has 1 aliphatic heterocycles. The molecule has 2 rings (SSSR count). The number of carbonyl (C=O) groups excluding carboxylic acids is 1. The van der Waals surface area contributed by atoms with Crippen molar-refractivity contribution in [2.75, 3.05) is 33.3 Å². The lowest BCUT2D eigenvalue weighted by Gasteiger charge is -2.29. The largest absolute Gasteiger partial charge is 0.395 e. The van der Waals surface area contributed by atoms with E-state index in [9.17, 15) is 4.79 Å². The number of amides is 1. The van der Waals surface area contributed by atoms with E-state index >= 15 is 0 Å². The lowest BCUT2D eigenvalue weighted by atomic mass is 9.95. The summed E-state index contributed by atoms with van der Waals surface area (Å²) in [6.45, 7) is 3.13. The molecule has 0 aromatic rings. The van der Waals surface area contributed by atoms with Gasteiger partial charge in [0.05, 0.1) is 12.0 Å². The van der Waals surface area contributed by atoms with Gasteiger partial charge in [-0.3, -0.25) is 4.79 Å². The van der Waals surface area contributed by atoms with E-state index in [0.29, 0.717) is 0 Å². The highest BCUT2D eigenvalue weighted by atomic mass is 16.3. The highest BCUT2D eigenvalue weighted by molar-refractivity contribution is 5.85. The summed E-state index contributed by atoms with van der Waals surface area (Å²) in [5.74, 6) is 0.780. The van der Waals surface area contributed by atoms with Crippen molar-refractivity contribution < 1.29 is 9.90 Å². The van der Waals surface area contributed by atoms with Crippen molar-refractivity contribution in [3.63, 3.8) is 0 Å². The molecule has 1 amide bonds. The summed E-state index contributed by atoms with van der Waals surface area (Å²) in [6, 6.07) is 0. The number of aliphatic hydroxyl groups is 1. The standard InChI is InChI=1S/C13H24N2O2/c1-15-8-2-3-11(9-15)4-7-14-12(17)13(10-16)5-6-13/h11,16H,2-10H2,1H3,(H,14,17). The average molecular weight is 240 g/mol. The predicted molar refractivity (Wildman–Crippen MR) is 66.6 cm³/mol. The van der Waals surface area contributed by atoms with Crippen molar-refractivity contribution in [2.24, 2.45) is 11.3 Å². The first-order valence-corrected chi connectivity index (χ1v) is 6.74. The zero-order chi connectivity index (χ0) is 12.3. The molecule has 2 N–H and O–H groups in total. The topological polar surface area (TPSA) is 52.6 Å². The maximum Gasteiger partial charge on any atom is 0.228 e. The summed E-state index contributed by atoms with van der Waals surface area (Å²) in [5.41, 5.74) is -0.413. The Kier molecular flexibility index (Phi) is 4.05. The number of nitrogens with zero attached hydrogens (tertiary/aromatic N) is 1. The maximum absolute atomic E-state index is 11.8. The predicted octanol–water partition coefficient (Wildman–Crippen LogP) is 0.607. The molecule has 1 unspecified atom stereocenters. The summed E-state index contributed by atoms with van der Waals surface area (Å²) in [4.78, 5) is 14.1. The van der Waals surface area contributed by atoms with Crippen molar-refractivity contribution in [2.45, 2.75) is 32.1 Å². The van der Waals surface area contributed by atoms with E-state index in [4.69, 9.17) is 5.11 Å². The molecule has 0 radical (unpaired) electrons. The maximum atomic E-state index is 11.8. The Bertz CT molecular complexity index is 277. The van der Waals surface area contributed by atoms with Crippen LogP contribution in [0.4, 0.5) is 0 Å². The Labute approximate surface area is 103 Å². The number of likely N-dealkylation sites (tertiary alicyclic amines) is 1. The number of carbonyl (C=O) groups is 1. The van der Waals surface area contributed by atoms with Gasteiger partial charge in [0.2, 0.25) is 5.91 Å². The zero-order valence-corrected chi connectivity index (χ0v) is 10.7. The second-order valence-corrected chi connectivity index (χ2v) is 5.75. The molecule has 2 aliphatic rings. The molecule has 0 aromatic carbocycles. The highest BCUT2D eigenvalue weighted by Crippen LogP contribution is 2.45. The molecule has 0 aromatic heterocycles. The summed E-state index contributed by atoms with van der Waals surface area (Å²) < 4.78 is 0. The van der Waals surface area contributed by atoms with Crippen LogP contribution in [0.2, 0.25) is 0 Å². The van der Waals surface area contributed by atoms with Gasteiger partial charge in [-0.05, 0) is 51.6 Å². The second-order valence-electron chi connectivity index (χ2n) is 5.75. The Balaban J connectivity index is 1.64. The number of hydrogen-bond donors (Lipinski definition) is 2. The smallest absolute Gasteiger partial charge is 0.228 e. The van der Waals surface area contributed by atoms with Crippen LogP contribution in [0.3, 0.4) is 0 Å². The SMILES string of the molecule is CN1CCCC(CCNC(=O)C2(CO)CC2)C1. The van der Waals surface area contributed by atoms with Gasteiger partial charge in [-0.15, -0.1) is 0 Å². The van der Waals surface area contributed by atoms with Crippen LogP contribution in [0.15, 0.2) is 0 Å². The molecule has 2 fully saturated rings. The fourth-order valence-electron chi connectivity index (χ4n) is 2.69. The van der Waals surface area contributed by atoms with Crippen LogP contribution in [0.25, 0.3) is 0 Å². The third-order valence-electron chi connectivity index (χ3n) is 4.20. The lowest BCUT2D eigenvalue weighted by Crippen LogP contribution is -2.37. The van der Waals surface area contributed by atoms with Crippen LogP contribution in [0.5, 0.6) is 0 Å². The van der Waals surface area contributed by atoms with Crippen LogP contribution in [-0.2, 0) is 4.79 Å². The number of hydrogen-bond acceptors (Lipinski definition) is 3. The van der Waals surface area contributed by atoms with Crippen LogP contribution in [0.1, 0.15) is 32.1 Å². The number of nitrogens with one attached hydrogen (secondary N) is 1. The fourth-order valence-corrected chi connectivity index (χ4v) is 2.69. The minimum Gasteiger partial charge on any atom is -0.395 e. The fraction of sp³-hybridized carbons (Fsp3) is 0.923.